The maximum Gasteiger partial charge on any atom is 0.239 e. The van der Waals surface area contributed by atoms with Crippen molar-refractivity contribution >= 4 is 17.7 Å². The van der Waals surface area contributed by atoms with E-state index in [-0.39, 0.29) is 11.9 Å². The number of rotatable bonds is 2. The molecule has 1 atom stereocenters. The molecule has 1 amide bonds. The average Bonchev–Trinajstić information content (AvgIpc) is 2.43. The molecule has 76 valence electrons. The van der Waals surface area contributed by atoms with E-state index in [0.717, 1.165) is 31.7 Å². The Bertz CT molecular complexity index is 167. The van der Waals surface area contributed by atoms with Crippen molar-refractivity contribution in [3.05, 3.63) is 0 Å². The Morgan fingerprint density at radius 2 is 2.31 bits per heavy atom. The van der Waals surface area contributed by atoms with Crippen LogP contribution in [0.25, 0.3) is 0 Å². The number of amides is 1. The number of nitrogens with two attached hydrogens (primary N) is 1. The number of hydrogen-bond acceptors (Lipinski definition) is 3. The first-order valence-corrected chi connectivity index (χ1v) is 6.03. The molecule has 1 aliphatic heterocycles. The van der Waals surface area contributed by atoms with Gasteiger partial charge in [0.15, 0.2) is 0 Å². The minimum absolute atomic E-state index is 0.130. The second-order valence-corrected chi connectivity index (χ2v) is 4.53. The standard InChI is InChI=1S/C9H18N2OS/c1-2-8(10)9(12)11-4-3-6-13-7-5-11/h8H,2-7,10H2,1H3/t8-/m1/s1. The Hall–Kier alpha value is -0.220. The first-order valence-electron chi connectivity index (χ1n) is 4.87. The number of carbonyl (C=O) groups excluding carboxylic acids is 1. The number of nitrogens with zero attached hydrogens (tertiary/aromatic N) is 1. The van der Waals surface area contributed by atoms with Gasteiger partial charge < -0.3 is 10.6 Å². The molecule has 1 aliphatic rings. The molecular weight excluding hydrogens is 184 g/mol. The zero-order valence-electron chi connectivity index (χ0n) is 8.16. The maximum absolute atomic E-state index is 11.7. The van der Waals surface area contributed by atoms with E-state index < -0.39 is 0 Å². The van der Waals surface area contributed by atoms with Crippen LogP contribution in [0, 0.1) is 0 Å². The second kappa shape index (κ2) is 5.50. The molecule has 0 aromatic carbocycles. The van der Waals surface area contributed by atoms with Crippen molar-refractivity contribution in [2.24, 2.45) is 5.73 Å². The lowest BCUT2D eigenvalue weighted by Crippen LogP contribution is -2.44. The van der Waals surface area contributed by atoms with Crippen LogP contribution >= 0.6 is 11.8 Å². The summed E-state index contributed by atoms with van der Waals surface area (Å²) in [5.41, 5.74) is 5.70. The van der Waals surface area contributed by atoms with Crippen molar-refractivity contribution < 1.29 is 4.79 Å². The summed E-state index contributed by atoms with van der Waals surface area (Å²) in [6.07, 6.45) is 1.84. The number of carbonyl (C=O) groups is 1. The zero-order chi connectivity index (χ0) is 9.68. The number of thioether (sulfide) groups is 1. The van der Waals surface area contributed by atoms with Crippen molar-refractivity contribution in [2.75, 3.05) is 24.6 Å². The van der Waals surface area contributed by atoms with Crippen LogP contribution in [0.4, 0.5) is 0 Å². The van der Waals surface area contributed by atoms with Crippen LogP contribution in [0.1, 0.15) is 19.8 Å². The van der Waals surface area contributed by atoms with E-state index in [4.69, 9.17) is 5.73 Å². The predicted molar refractivity (Wildman–Crippen MR) is 56.8 cm³/mol. The third kappa shape index (κ3) is 3.19. The van der Waals surface area contributed by atoms with E-state index in [0.29, 0.717) is 0 Å². The molecule has 1 fully saturated rings. The van der Waals surface area contributed by atoms with Crippen LogP contribution in [0.2, 0.25) is 0 Å². The summed E-state index contributed by atoms with van der Waals surface area (Å²) in [4.78, 5) is 13.6. The predicted octanol–water partition coefficient (Wildman–Crippen LogP) is 0.689. The van der Waals surface area contributed by atoms with Crippen LogP contribution < -0.4 is 5.73 Å². The van der Waals surface area contributed by atoms with Crippen molar-refractivity contribution in [2.45, 2.75) is 25.8 Å². The van der Waals surface area contributed by atoms with Crippen LogP contribution in [0.15, 0.2) is 0 Å². The van der Waals surface area contributed by atoms with Gasteiger partial charge in [0, 0.05) is 18.8 Å². The Morgan fingerprint density at radius 1 is 1.54 bits per heavy atom. The summed E-state index contributed by atoms with van der Waals surface area (Å²) in [5, 5.41) is 0. The fourth-order valence-corrected chi connectivity index (χ4v) is 2.26. The van der Waals surface area contributed by atoms with E-state index >= 15 is 0 Å². The van der Waals surface area contributed by atoms with E-state index in [1.54, 1.807) is 0 Å². The van der Waals surface area contributed by atoms with E-state index in [1.807, 2.05) is 23.6 Å². The zero-order valence-corrected chi connectivity index (χ0v) is 8.98. The molecule has 0 unspecified atom stereocenters. The second-order valence-electron chi connectivity index (χ2n) is 3.31. The Kier molecular flexibility index (Phi) is 4.59. The highest BCUT2D eigenvalue weighted by Gasteiger charge is 2.20. The fourth-order valence-electron chi connectivity index (χ4n) is 1.38. The molecular formula is C9H18N2OS. The molecule has 0 radical (unpaired) electrons. The quantitative estimate of drug-likeness (QED) is 0.716. The van der Waals surface area contributed by atoms with E-state index in [1.165, 1.54) is 5.75 Å². The molecule has 3 nitrogen and oxygen atoms in total. The molecule has 2 N–H and O–H groups in total. The molecule has 0 aromatic heterocycles. The van der Waals surface area contributed by atoms with Crippen LogP contribution in [-0.4, -0.2) is 41.4 Å². The highest BCUT2D eigenvalue weighted by atomic mass is 32.2. The summed E-state index contributed by atoms with van der Waals surface area (Å²) in [6, 6.07) is -0.289. The van der Waals surface area contributed by atoms with E-state index in [9.17, 15) is 4.79 Å². The fraction of sp³-hybridized carbons (Fsp3) is 0.889. The van der Waals surface area contributed by atoms with Gasteiger partial charge in [0.25, 0.3) is 0 Å². The number of hydrogen-bond donors (Lipinski definition) is 1. The Balaban J connectivity index is 2.43. The first kappa shape index (κ1) is 10.9. The van der Waals surface area contributed by atoms with Gasteiger partial charge in [-0.05, 0) is 18.6 Å². The highest BCUT2D eigenvalue weighted by Crippen LogP contribution is 2.10. The summed E-state index contributed by atoms with van der Waals surface area (Å²) in [5.74, 6) is 2.36. The van der Waals surface area contributed by atoms with Gasteiger partial charge in [-0.25, -0.2) is 0 Å². The van der Waals surface area contributed by atoms with Crippen LogP contribution in [0.5, 0.6) is 0 Å². The van der Waals surface area contributed by atoms with Gasteiger partial charge in [0.05, 0.1) is 6.04 Å². The third-order valence-electron chi connectivity index (χ3n) is 2.29. The molecule has 0 aliphatic carbocycles. The lowest BCUT2D eigenvalue weighted by Gasteiger charge is -2.22. The van der Waals surface area contributed by atoms with Crippen molar-refractivity contribution in [3.63, 3.8) is 0 Å². The normalized spacial score (nSPS) is 20.9. The van der Waals surface area contributed by atoms with Gasteiger partial charge in [-0.3, -0.25) is 4.79 Å². The summed E-state index contributed by atoms with van der Waals surface area (Å²) in [6.45, 7) is 3.71. The smallest absolute Gasteiger partial charge is 0.239 e. The lowest BCUT2D eigenvalue weighted by atomic mass is 10.2. The van der Waals surface area contributed by atoms with Crippen LogP contribution in [-0.2, 0) is 4.79 Å². The topological polar surface area (TPSA) is 46.3 Å². The summed E-state index contributed by atoms with van der Waals surface area (Å²) < 4.78 is 0. The summed E-state index contributed by atoms with van der Waals surface area (Å²) >= 11 is 1.92. The van der Waals surface area contributed by atoms with Gasteiger partial charge in [-0.2, -0.15) is 11.8 Å². The summed E-state index contributed by atoms with van der Waals surface area (Å²) in [7, 11) is 0. The van der Waals surface area contributed by atoms with Crippen molar-refractivity contribution in [1.29, 1.82) is 0 Å². The lowest BCUT2D eigenvalue weighted by molar-refractivity contribution is -0.132. The molecule has 1 rings (SSSR count). The van der Waals surface area contributed by atoms with Gasteiger partial charge in [0.2, 0.25) is 5.91 Å². The molecule has 1 heterocycles. The Morgan fingerprint density at radius 3 is 3.00 bits per heavy atom. The molecule has 1 saturated heterocycles. The largest absolute Gasteiger partial charge is 0.340 e. The molecule has 4 heteroatoms. The molecule has 13 heavy (non-hydrogen) atoms. The third-order valence-corrected chi connectivity index (χ3v) is 3.34. The van der Waals surface area contributed by atoms with Crippen molar-refractivity contribution in [1.82, 2.24) is 4.90 Å². The van der Waals surface area contributed by atoms with Gasteiger partial charge in [0.1, 0.15) is 0 Å². The molecule has 0 bridgehead atoms. The Labute approximate surface area is 84.0 Å². The molecule has 0 spiro atoms. The minimum atomic E-state index is -0.289. The SMILES string of the molecule is CC[C@@H](N)C(=O)N1CCCSCC1. The van der Waals surface area contributed by atoms with Gasteiger partial charge >= 0.3 is 0 Å². The molecule has 0 saturated carbocycles. The average molecular weight is 202 g/mol. The highest BCUT2D eigenvalue weighted by molar-refractivity contribution is 7.99. The monoisotopic (exact) mass is 202 g/mol. The van der Waals surface area contributed by atoms with Crippen molar-refractivity contribution in [3.8, 4) is 0 Å². The maximum atomic E-state index is 11.7. The molecule has 0 aromatic rings. The van der Waals surface area contributed by atoms with E-state index in [2.05, 4.69) is 0 Å². The van der Waals surface area contributed by atoms with Gasteiger partial charge in [-0.15, -0.1) is 0 Å². The first-order chi connectivity index (χ1) is 6.25. The minimum Gasteiger partial charge on any atom is -0.340 e. The van der Waals surface area contributed by atoms with Crippen LogP contribution in [0.3, 0.4) is 0 Å². The van der Waals surface area contributed by atoms with Gasteiger partial charge in [-0.1, -0.05) is 6.92 Å².